The highest BCUT2D eigenvalue weighted by molar-refractivity contribution is 7.89. The zero-order valence-electron chi connectivity index (χ0n) is 11.1. The summed E-state index contributed by atoms with van der Waals surface area (Å²) in [5.74, 6) is -0.603. The molecule has 2 aromatic carbocycles. The minimum Gasteiger partial charge on any atom is -0.273 e. The van der Waals surface area contributed by atoms with E-state index in [1.165, 1.54) is 12.1 Å². The molecular weight excluding hydrogens is 286 g/mol. The van der Waals surface area contributed by atoms with Crippen molar-refractivity contribution in [2.75, 3.05) is 0 Å². The van der Waals surface area contributed by atoms with Crippen LogP contribution in [-0.4, -0.2) is 24.7 Å². The number of carbonyl (C=O) groups is 1. The maximum absolute atomic E-state index is 12.6. The molecule has 1 fully saturated rings. The van der Waals surface area contributed by atoms with E-state index in [2.05, 4.69) is 0 Å². The van der Waals surface area contributed by atoms with Gasteiger partial charge in [-0.2, -0.15) is 0 Å². The normalized spacial score (nSPS) is 23.4. The molecule has 1 aliphatic heterocycles. The summed E-state index contributed by atoms with van der Waals surface area (Å²) in [5.41, 5.74) is 2.05. The monoisotopic (exact) mass is 299 g/mol. The van der Waals surface area contributed by atoms with E-state index in [9.17, 15) is 13.2 Å². The third kappa shape index (κ3) is 1.61. The lowest BCUT2D eigenvalue weighted by Crippen LogP contribution is -2.59. The molecule has 2 atom stereocenters. The van der Waals surface area contributed by atoms with E-state index >= 15 is 0 Å². The number of hydrogen-bond donors (Lipinski definition) is 0. The van der Waals surface area contributed by atoms with Gasteiger partial charge in [0.1, 0.15) is 0 Å². The molecule has 106 valence electrons. The molecule has 4 nitrogen and oxygen atoms in total. The maximum atomic E-state index is 12.6. The molecule has 2 aliphatic rings. The Morgan fingerprint density at radius 2 is 1.62 bits per heavy atom. The number of sulfonamides is 1. The summed E-state index contributed by atoms with van der Waals surface area (Å²) in [4.78, 5) is 12.5. The van der Waals surface area contributed by atoms with Crippen molar-refractivity contribution in [1.82, 2.24) is 4.31 Å². The van der Waals surface area contributed by atoms with Gasteiger partial charge in [0.05, 0.1) is 16.9 Å². The molecule has 1 aliphatic carbocycles. The average Bonchev–Trinajstić information content (AvgIpc) is 2.81. The van der Waals surface area contributed by atoms with Crippen LogP contribution in [0, 0.1) is 0 Å². The Hall–Kier alpha value is -2.14. The second-order valence-electron chi connectivity index (χ2n) is 5.40. The largest absolute Gasteiger partial charge is 0.273 e. The highest BCUT2D eigenvalue weighted by Gasteiger charge is 2.57. The third-order valence-electron chi connectivity index (χ3n) is 4.29. The van der Waals surface area contributed by atoms with Crippen LogP contribution in [0.5, 0.6) is 0 Å². The standard InChI is InChI=1S/C16H13NO3S/c18-16-15-13-9-5-4-6-11(13)10-14(15)17(16)21(19,20)12-7-2-1-3-8-12/h1-9,14-15H,10H2. The van der Waals surface area contributed by atoms with Gasteiger partial charge in [-0.05, 0) is 29.7 Å². The number of β-lactam (4-membered cyclic amide) rings is 1. The van der Waals surface area contributed by atoms with Crippen molar-refractivity contribution in [2.24, 2.45) is 0 Å². The van der Waals surface area contributed by atoms with Crippen molar-refractivity contribution in [1.29, 1.82) is 0 Å². The summed E-state index contributed by atoms with van der Waals surface area (Å²) in [6.07, 6.45) is 0.610. The zero-order valence-corrected chi connectivity index (χ0v) is 12.0. The average molecular weight is 299 g/mol. The minimum absolute atomic E-state index is 0.174. The van der Waals surface area contributed by atoms with E-state index in [0.29, 0.717) is 6.42 Å². The topological polar surface area (TPSA) is 54.5 Å². The highest BCUT2D eigenvalue weighted by Crippen LogP contribution is 2.47. The first kappa shape index (κ1) is 12.6. The van der Waals surface area contributed by atoms with Gasteiger partial charge in [0.2, 0.25) is 5.91 Å². The smallest absolute Gasteiger partial charge is 0.266 e. The molecule has 0 spiro atoms. The number of carbonyl (C=O) groups excluding carboxylic acids is 1. The van der Waals surface area contributed by atoms with E-state index in [1.54, 1.807) is 18.2 Å². The first-order valence-corrected chi connectivity index (χ1v) is 8.26. The van der Waals surface area contributed by atoms with Crippen LogP contribution in [0.15, 0.2) is 59.5 Å². The van der Waals surface area contributed by atoms with Crippen LogP contribution >= 0.6 is 0 Å². The Morgan fingerprint density at radius 3 is 2.38 bits per heavy atom. The van der Waals surface area contributed by atoms with Crippen LogP contribution in [0.3, 0.4) is 0 Å². The predicted molar refractivity (Wildman–Crippen MR) is 77.1 cm³/mol. The summed E-state index contributed by atoms with van der Waals surface area (Å²) >= 11 is 0. The molecule has 0 saturated carbocycles. The number of fused-ring (bicyclic) bond motifs is 3. The maximum Gasteiger partial charge on any atom is 0.266 e. The van der Waals surface area contributed by atoms with Crippen molar-refractivity contribution < 1.29 is 13.2 Å². The van der Waals surface area contributed by atoms with Crippen molar-refractivity contribution in [2.45, 2.75) is 23.3 Å². The van der Waals surface area contributed by atoms with E-state index in [1.807, 2.05) is 24.3 Å². The molecular formula is C16H13NO3S. The van der Waals surface area contributed by atoms with Crippen molar-refractivity contribution in [3.63, 3.8) is 0 Å². The Bertz CT molecular complexity index is 830. The molecule has 21 heavy (non-hydrogen) atoms. The predicted octanol–water partition coefficient (Wildman–Crippen LogP) is 1.93. The van der Waals surface area contributed by atoms with Crippen molar-refractivity contribution in [3.8, 4) is 0 Å². The Labute approximate surface area is 123 Å². The minimum atomic E-state index is -3.74. The first-order valence-electron chi connectivity index (χ1n) is 6.82. The van der Waals surface area contributed by atoms with Gasteiger partial charge >= 0.3 is 0 Å². The van der Waals surface area contributed by atoms with Crippen LogP contribution in [-0.2, 0) is 21.2 Å². The number of rotatable bonds is 2. The van der Waals surface area contributed by atoms with Crippen LogP contribution in [0.1, 0.15) is 17.0 Å². The molecule has 0 bridgehead atoms. The van der Waals surface area contributed by atoms with Crippen LogP contribution in [0.4, 0.5) is 0 Å². The van der Waals surface area contributed by atoms with Crippen LogP contribution in [0.2, 0.25) is 0 Å². The molecule has 1 heterocycles. The molecule has 0 radical (unpaired) electrons. The van der Waals surface area contributed by atoms with Gasteiger partial charge in [-0.1, -0.05) is 42.5 Å². The summed E-state index contributed by atoms with van der Waals surface area (Å²) < 4.78 is 26.3. The summed E-state index contributed by atoms with van der Waals surface area (Å²) in [5, 5.41) is 0. The quantitative estimate of drug-likeness (QED) is 0.796. The Morgan fingerprint density at radius 1 is 0.952 bits per heavy atom. The van der Waals surface area contributed by atoms with Crippen LogP contribution in [0.25, 0.3) is 0 Å². The molecule has 0 aromatic heterocycles. The molecule has 2 unspecified atom stereocenters. The molecule has 2 aromatic rings. The van der Waals surface area contributed by atoms with E-state index in [-0.39, 0.29) is 22.8 Å². The van der Waals surface area contributed by atoms with Gasteiger partial charge in [-0.15, -0.1) is 0 Å². The van der Waals surface area contributed by atoms with E-state index < -0.39 is 10.0 Å². The number of amides is 1. The van der Waals surface area contributed by atoms with Crippen molar-refractivity contribution >= 4 is 15.9 Å². The Balaban J connectivity index is 1.74. The Kier molecular flexibility index (Phi) is 2.50. The summed E-state index contributed by atoms with van der Waals surface area (Å²) in [6, 6.07) is 15.6. The van der Waals surface area contributed by atoms with Gasteiger partial charge < -0.3 is 0 Å². The SMILES string of the molecule is O=C1C2c3ccccc3CC2N1S(=O)(=O)c1ccccc1. The van der Waals surface area contributed by atoms with Gasteiger partial charge in [0.15, 0.2) is 0 Å². The first-order chi connectivity index (χ1) is 10.1. The van der Waals surface area contributed by atoms with E-state index in [4.69, 9.17) is 0 Å². The molecule has 1 saturated heterocycles. The fraction of sp³-hybridized carbons (Fsp3) is 0.188. The zero-order chi connectivity index (χ0) is 14.6. The van der Waals surface area contributed by atoms with Gasteiger partial charge in [0, 0.05) is 0 Å². The van der Waals surface area contributed by atoms with Crippen LogP contribution < -0.4 is 0 Å². The third-order valence-corrected chi connectivity index (χ3v) is 6.12. The number of nitrogens with zero attached hydrogens (tertiary/aromatic N) is 1. The van der Waals surface area contributed by atoms with Gasteiger partial charge in [-0.25, -0.2) is 12.7 Å². The second-order valence-corrected chi connectivity index (χ2v) is 7.22. The summed E-state index contributed by atoms with van der Waals surface area (Å²) in [6.45, 7) is 0. The highest BCUT2D eigenvalue weighted by atomic mass is 32.2. The lowest BCUT2D eigenvalue weighted by atomic mass is 9.90. The number of hydrogen-bond acceptors (Lipinski definition) is 3. The van der Waals surface area contributed by atoms with Gasteiger partial charge in [-0.3, -0.25) is 4.79 Å². The fourth-order valence-electron chi connectivity index (χ4n) is 3.31. The number of benzene rings is 2. The molecule has 4 rings (SSSR count). The molecule has 0 N–H and O–H groups in total. The lowest BCUT2D eigenvalue weighted by molar-refractivity contribution is -0.139. The van der Waals surface area contributed by atoms with Gasteiger partial charge in [0.25, 0.3) is 10.0 Å². The molecule has 5 heteroatoms. The van der Waals surface area contributed by atoms with Crippen molar-refractivity contribution in [3.05, 3.63) is 65.7 Å². The summed E-state index contributed by atoms with van der Waals surface area (Å²) in [7, 11) is -3.74. The fourth-order valence-corrected chi connectivity index (χ4v) is 4.94. The second kappa shape index (κ2) is 4.18. The van der Waals surface area contributed by atoms with E-state index in [0.717, 1.165) is 15.4 Å². The lowest BCUT2D eigenvalue weighted by Gasteiger charge is -2.42. The molecule has 1 amide bonds.